The summed E-state index contributed by atoms with van der Waals surface area (Å²) in [6.07, 6.45) is -3.69. The summed E-state index contributed by atoms with van der Waals surface area (Å²) in [6, 6.07) is 0. The minimum Gasteiger partial charge on any atom is -0.481 e. The van der Waals surface area contributed by atoms with Gasteiger partial charge in [0.15, 0.2) is 0 Å². The number of halogens is 3. The maximum absolute atomic E-state index is 11.4. The van der Waals surface area contributed by atoms with E-state index in [1.165, 1.54) is 0 Å². The molecule has 0 amide bonds. The first-order valence-corrected chi connectivity index (χ1v) is 4.15. The van der Waals surface area contributed by atoms with Gasteiger partial charge in [0.1, 0.15) is 0 Å². The third-order valence-electron chi connectivity index (χ3n) is 0.963. The molecule has 0 aromatic rings. The van der Waals surface area contributed by atoms with Crippen molar-refractivity contribution in [2.45, 2.75) is 32.9 Å². The van der Waals surface area contributed by atoms with E-state index in [1.54, 1.807) is 6.92 Å². The lowest BCUT2D eigenvalue weighted by Crippen LogP contribution is -2.25. The van der Waals surface area contributed by atoms with Gasteiger partial charge in [-0.3, -0.25) is 4.79 Å². The number of carboxylic acid groups (broad SMARTS) is 1. The van der Waals surface area contributed by atoms with Crippen molar-refractivity contribution in [3.8, 4) is 0 Å². The number of carbonyl (C=O) groups excluding carboxylic acids is 1. The standard InChI is InChI=1S/C6H9F3O2.C2H4O2/c1-2-3-4-11-5(10)6(7,8)9;1-2(3)4/h2-4H2,1H3;1H3,(H,3,4). The minimum absolute atomic E-state index is 0.158. The highest BCUT2D eigenvalue weighted by Gasteiger charge is 2.40. The van der Waals surface area contributed by atoms with E-state index >= 15 is 0 Å². The molecule has 0 heterocycles. The molecular weight excluding hydrogens is 217 g/mol. The number of carbonyl (C=O) groups is 2. The summed E-state index contributed by atoms with van der Waals surface area (Å²) in [6.45, 7) is 2.72. The average molecular weight is 230 g/mol. The average Bonchev–Trinajstić information content (AvgIpc) is 2.01. The number of ether oxygens (including phenoxy) is 1. The number of aliphatic carboxylic acids is 1. The first-order valence-electron chi connectivity index (χ1n) is 4.15. The third-order valence-corrected chi connectivity index (χ3v) is 0.963. The van der Waals surface area contributed by atoms with Crippen molar-refractivity contribution in [3.63, 3.8) is 0 Å². The van der Waals surface area contributed by atoms with E-state index in [0.29, 0.717) is 12.8 Å². The van der Waals surface area contributed by atoms with Crippen LogP contribution in [0.3, 0.4) is 0 Å². The molecular formula is C8H13F3O4. The topological polar surface area (TPSA) is 63.6 Å². The molecule has 0 bridgehead atoms. The largest absolute Gasteiger partial charge is 0.490 e. The first kappa shape index (κ1) is 16.2. The summed E-state index contributed by atoms with van der Waals surface area (Å²) in [5.41, 5.74) is 0. The lowest BCUT2D eigenvalue weighted by atomic mass is 10.4. The fraction of sp³-hybridized carbons (Fsp3) is 0.750. The zero-order valence-corrected chi connectivity index (χ0v) is 8.43. The Kier molecular flexibility index (Phi) is 8.70. The Balaban J connectivity index is 0. The monoisotopic (exact) mass is 230 g/mol. The number of hydrogen-bond donors (Lipinski definition) is 1. The van der Waals surface area contributed by atoms with E-state index < -0.39 is 18.1 Å². The minimum atomic E-state index is -4.85. The predicted octanol–water partition coefficient (Wildman–Crippen LogP) is 1.98. The fourth-order valence-corrected chi connectivity index (χ4v) is 0.391. The number of carboxylic acids is 1. The highest BCUT2D eigenvalue weighted by atomic mass is 19.4. The first-order chi connectivity index (χ1) is 6.71. The second-order valence-corrected chi connectivity index (χ2v) is 2.51. The highest BCUT2D eigenvalue weighted by molar-refractivity contribution is 5.75. The molecule has 0 saturated heterocycles. The van der Waals surface area contributed by atoms with Crippen LogP contribution >= 0.6 is 0 Å². The van der Waals surface area contributed by atoms with Crippen molar-refractivity contribution in [1.29, 1.82) is 0 Å². The molecule has 1 N–H and O–H groups in total. The molecule has 0 fully saturated rings. The lowest BCUT2D eigenvalue weighted by molar-refractivity contribution is -0.199. The van der Waals surface area contributed by atoms with Crippen LogP contribution in [-0.4, -0.2) is 29.8 Å². The Bertz CT molecular complexity index is 197. The molecule has 0 spiro atoms. The zero-order chi connectivity index (χ0) is 12.5. The van der Waals surface area contributed by atoms with Crippen molar-refractivity contribution in [1.82, 2.24) is 0 Å². The van der Waals surface area contributed by atoms with Gasteiger partial charge in [-0.1, -0.05) is 13.3 Å². The molecule has 90 valence electrons. The number of unbranched alkanes of at least 4 members (excludes halogenated alkanes) is 1. The summed E-state index contributed by atoms with van der Waals surface area (Å²) in [4.78, 5) is 19.0. The van der Waals surface area contributed by atoms with Gasteiger partial charge in [0, 0.05) is 6.92 Å². The molecule has 0 radical (unpaired) electrons. The van der Waals surface area contributed by atoms with Crippen molar-refractivity contribution < 1.29 is 32.6 Å². The normalized spacial score (nSPS) is 9.93. The van der Waals surface area contributed by atoms with Crippen LogP contribution in [0.5, 0.6) is 0 Å². The predicted molar refractivity (Wildman–Crippen MR) is 45.2 cm³/mol. The van der Waals surface area contributed by atoms with Gasteiger partial charge < -0.3 is 9.84 Å². The number of hydrogen-bond acceptors (Lipinski definition) is 3. The van der Waals surface area contributed by atoms with Gasteiger partial charge in [-0.05, 0) is 6.42 Å². The Labute approximate surface area is 85.0 Å². The smallest absolute Gasteiger partial charge is 0.481 e. The molecule has 0 aromatic carbocycles. The molecule has 4 nitrogen and oxygen atoms in total. The summed E-state index contributed by atoms with van der Waals surface area (Å²) in [5.74, 6) is -2.94. The highest BCUT2D eigenvalue weighted by Crippen LogP contribution is 2.16. The summed E-state index contributed by atoms with van der Waals surface area (Å²) < 4.78 is 38.1. The quantitative estimate of drug-likeness (QED) is 0.594. The molecule has 15 heavy (non-hydrogen) atoms. The lowest BCUT2D eigenvalue weighted by Gasteiger charge is -2.05. The van der Waals surface area contributed by atoms with Crippen LogP contribution in [0.25, 0.3) is 0 Å². The van der Waals surface area contributed by atoms with Crippen LogP contribution in [0.15, 0.2) is 0 Å². The van der Waals surface area contributed by atoms with Crippen LogP contribution in [0.2, 0.25) is 0 Å². The molecule has 0 aromatic heterocycles. The van der Waals surface area contributed by atoms with E-state index in [4.69, 9.17) is 9.90 Å². The Hall–Kier alpha value is -1.27. The number of alkyl halides is 3. The van der Waals surface area contributed by atoms with Crippen LogP contribution in [0.4, 0.5) is 13.2 Å². The zero-order valence-electron chi connectivity index (χ0n) is 8.43. The van der Waals surface area contributed by atoms with Gasteiger partial charge in [0.2, 0.25) is 0 Å². The Morgan fingerprint density at radius 1 is 1.33 bits per heavy atom. The van der Waals surface area contributed by atoms with Crippen LogP contribution in [-0.2, 0) is 14.3 Å². The third kappa shape index (κ3) is 15.5. The van der Waals surface area contributed by atoms with E-state index in [-0.39, 0.29) is 6.61 Å². The summed E-state index contributed by atoms with van der Waals surface area (Å²) in [5, 5.41) is 7.42. The van der Waals surface area contributed by atoms with Gasteiger partial charge in [-0.25, -0.2) is 4.79 Å². The van der Waals surface area contributed by atoms with Crippen LogP contribution in [0.1, 0.15) is 26.7 Å². The summed E-state index contributed by atoms with van der Waals surface area (Å²) in [7, 11) is 0. The van der Waals surface area contributed by atoms with Gasteiger partial charge >= 0.3 is 12.1 Å². The van der Waals surface area contributed by atoms with Crippen molar-refractivity contribution in [2.75, 3.05) is 6.61 Å². The van der Waals surface area contributed by atoms with Crippen molar-refractivity contribution in [2.24, 2.45) is 0 Å². The molecule has 0 rings (SSSR count). The van der Waals surface area contributed by atoms with Gasteiger partial charge in [-0.15, -0.1) is 0 Å². The molecule has 0 aliphatic carbocycles. The molecule has 0 unspecified atom stereocenters. The fourth-order valence-electron chi connectivity index (χ4n) is 0.391. The second-order valence-electron chi connectivity index (χ2n) is 2.51. The van der Waals surface area contributed by atoms with Gasteiger partial charge in [0.25, 0.3) is 5.97 Å². The molecule has 0 aliphatic rings. The van der Waals surface area contributed by atoms with E-state index in [1.807, 2.05) is 0 Å². The molecule has 7 heteroatoms. The SMILES string of the molecule is CC(=O)O.CCCCOC(=O)C(F)(F)F. The maximum atomic E-state index is 11.4. The summed E-state index contributed by atoms with van der Waals surface area (Å²) >= 11 is 0. The van der Waals surface area contributed by atoms with E-state index in [0.717, 1.165) is 6.92 Å². The molecule has 0 saturated carbocycles. The molecule has 0 aliphatic heterocycles. The Morgan fingerprint density at radius 2 is 1.73 bits per heavy atom. The number of rotatable bonds is 3. The Morgan fingerprint density at radius 3 is 2.00 bits per heavy atom. The van der Waals surface area contributed by atoms with Gasteiger partial charge in [-0.2, -0.15) is 13.2 Å². The number of esters is 1. The molecule has 0 atom stereocenters. The second kappa shape index (κ2) is 8.07. The van der Waals surface area contributed by atoms with Crippen LogP contribution < -0.4 is 0 Å². The van der Waals surface area contributed by atoms with Crippen molar-refractivity contribution in [3.05, 3.63) is 0 Å². The van der Waals surface area contributed by atoms with Gasteiger partial charge in [0.05, 0.1) is 6.61 Å². The van der Waals surface area contributed by atoms with Crippen molar-refractivity contribution >= 4 is 11.9 Å². The van der Waals surface area contributed by atoms with E-state index in [9.17, 15) is 18.0 Å². The van der Waals surface area contributed by atoms with Crippen LogP contribution in [0, 0.1) is 0 Å². The van der Waals surface area contributed by atoms with E-state index in [2.05, 4.69) is 4.74 Å². The maximum Gasteiger partial charge on any atom is 0.490 e.